The number of hydrogen-bond acceptors (Lipinski definition) is 6. The molecule has 6 heteroatoms. The van der Waals surface area contributed by atoms with Crippen LogP contribution in [-0.2, 0) is 16.1 Å². The number of ether oxygens (including phenoxy) is 1. The zero-order valence-corrected chi connectivity index (χ0v) is 19.2. The highest BCUT2D eigenvalue weighted by Crippen LogP contribution is 2.26. The molecule has 0 amide bonds. The fraction of sp³-hybridized carbons (Fsp3) is 0.259. The van der Waals surface area contributed by atoms with Crippen LogP contribution in [0.1, 0.15) is 53.5 Å². The molecule has 0 radical (unpaired) electrons. The van der Waals surface area contributed by atoms with E-state index in [9.17, 15) is 14.4 Å². The molecule has 0 aliphatic carbocycles. The Balaban J connectivity index is 1.88. The van der Waals surface area contributed by atoms with E-state index in [1.165, 1.54) is 6.92 Å². The van der Waals surface area contributed by atoms with Crippen LogP contribution in [0.5, 0.6) is 0 Å². The molecule has 0 N–H and O–H groups in total. The van der Waals surface area contributed by atoms with Gasteiger partial charge in [0.15, 0.2) is 5.78 Å². The lowest BCUT2D eigenvalue weighted by Crippen LogP contribution is -2.27. The molecule has 170 valence electrons. The topological polar surface area (TPSA) is 76.6 Å². The van der Waals surface area contributed by atoms with Crippen LogP contribution < -0.4 is 4.90 Å². The second kappa shape index (κ2) is 11.2. The molecule has 0 unspecified atom stereocenters. The molecule has 0 aliphatic heterocycles. The van der Waals surface area contributed by atoms with Crippen molar-refractivity contribution in [1.82, 2.24) is 4.98 Å². The molecule has 0 saturated heterocycles. The van der Waals surface area contributed by atoms with Crippen molar-refractivity contribution in [2.24, 2.45) is 0 Å². The fourth-order valence-electron chi connectivity index (χ4n) is 3.68. The monoisotopic (exact) mass is 444 g/mol. The van der Waals surface area contributed by atoms with Gasteiger partial charge in [-0.05, 0) is 42.2 Å². The highest BCUT2D eigenvalue weighted by atomic mass is 16.5. The average Bonchev–Trinajstić information content (AvgIpc) is 2.84. The fourth-order valence-corrected chi connectivity index (χ4v) is 3.68. The summed E-state index contributed by atoms with van der Waals surface area (Å²) in [5.74, 6) is -0.768. The molecular weight excluding hydrogens is 416 g/mol. The van der Waals surface area contributed by atoms with Gasteiger partial charge in [-0.3, -0.25) is 9.59 Å². The summed E-state index contributed by atoms with van der Waals surface area (Å²) in [5.41, 5.74) is 3.46. The summed E-state index contributed by atoms with van der Waals surface area (Å²) in [7, 11) is 0. The van der Waals surface area contributed by atoms with Gasteiger partial charge in [0.1, 0.15) is 11.4 Å². The normalized spacial score (nSPS) is 10.5. The van der Waals surface area contributed by atoms with Crippen LogP contribution >= 0.6 is 0 Å². The second-order valence-electron chi connectivity index (χ2n) is 7.64. The number of hydrogen-bond donors (Lipinski definition) is 0. The minimum atomic E-state index is -0.495. The average molecular weight is 445 g/mol. The third-order valence-corrected chi connectivity index (χ3v) is 5.20. The summed E-state index contributed by atoms with van der Waals surface area (Å²) in [5, 5.41) is 0. The zero-order chi connectivity index (χ0) is 23.8. The largest absolute Gasteiger partial charge is 0.462 e. The van der Waals surface area contributed by atoms with Gasteiger partial charge in [-0.1, -0.05) is 55.5 Å². The highest BCUT2D eigenvalue weighted by Gasteiger charge is 2.19. The first kappa shape index (κ1) is 23.9. The number of nitrogens with zero attached hydrogens (tertiary/aromatic N) is 2. The van der Waals surface area contributed by atoms with E-state index in [0.717, 1.165) is 29.7 Å². The summed E-state index contributed by atoms with van der Waals surface area (Å²) in [6.45, 7) is 6.73. The predicted molar refractivity (Wildman–Crippen MR) is 128 cm³/mol. The molecule has 6 nitrogen and oxygen atoms in total. The molecule has 0 aliphatic rings. The number of rotatable bonds is 10. The molecular formula is C27H28N2O4. The number of ketones is 2. The maximum absolute atomic E-state index is 12.4. The number of carbonyl (C=O) groups is 3. The number of benzene rings is 2. The Morgan fingerprint density at radius 2 is 1.61 bits per heavy atom. The van der Waals surface area contributed by atoms with E-state index >= 15 is 0 Å². The lowest BCUT2D eigenvalue weighted by atomic mass is 9.95. The lowest BCUT2D eigenvalue weighted by Gasteiger charge is -2.25. The van der Waals surface area contributed by atoms with Crippen LogP contribution in [-0.4, -0.2) is 35.7 Å². The van der Waals surface area contributed by atoms with Gasteiger partial charge in [0.25, 0.3) is 0 Å². The van der Waals surface area contributed by atoms with Crippen LogP contribution in [0.15, 0.2) is 66.9 Å². The van der Waals surface area contributed by atoms with Crippen molar-refractivity contribution in [2.45, 2.75) is 33.7 Å². The smallest absolute Gasteiger partial charge is 0.341 e. The summed E-state index contributed by atoms with van der Waals surface area (Å²) < 4.78 is 5.20. The van der Waals surface area contributed by atoms with Crippen LogP contribution in [0.2, 0.25) is 0 Å². The number of anilines is 1. The van der Waals surface area contributed by atoms with E-state index < -0.39 is 11.6 Å². The maximum Gasteiger partial charge on any atom is 0.341 e. The number of aromatic nitrogens is 1. The summed E-state index contributed by atoms with van der Waals surface area (Å²) in [4.78, 5) is 42.9. The Labute approximate surface area is 194 Å². The molecule has 0 saturated carbocycles. The van der Waals surface area contributed by atoms with Crippen LogP contribution in [0, 0.1) is 0 Å². The predicted octanol–water partition coefficient (Wildman–Crippen LogP) is 5.11. The Bertz CT molecular complexity index is 1140. The molecule has 3 aromatic rings. The molecule has 2 aromatic carbocycles. The molecule has 1 aromatic heterocycles. The van der Waals surface area contributed by atoms with Gasteiger partial charge in [0.05, 0.1) is 6.61 Å². The van der Waals surface area contributed by atoms with Crippen LogP contribution in [0.3, 0.4) is 0 Å². The number of Topliss-reactive ketones (excluding diaryl/α,β-unsaturated/α-hetero) is 2. The molecule has 3 rings (SSSR count). The molecule has 33 heavy (non-hydrogen) atoms. The van der Waals surface area contributed by atoms with Gasteiger partial charge < -0.3 is 9.64 Å². The third-order valence-electron chi connectivity index (χ3n) is 5.20. The standard InChI is InChI=1S/C27H28N2O4/c1-4-17-29(26-24(11-8-16-28-26)27(32)33-5-2)18-20-12-14-21(15-13-20)22-9-6-7-10-23(22)25(31)19(3)30/h6-16H,4-5,17-18H2,1-3H3. The first-order chi connectivity index (χ1) is 16.0. The van der Waals surface area contributed by atoms with Gasteiger partial charge in [0, 0.05) is 31.8 Å². The minimum absolute atomic E-state index is 0.302. The molecule has 0 atom stereocenters. The second-order valence-corrected chi connectivity index (χ2v) is 7.64. The third kappa shape index (κ3) is 5.71. The van der Waals surface area contributed by atoms with E-state index in [2.05, 4.69) is 16.8 Å². The zero-order valence-electron chi connectivity index (χ0n) is 19.2. The lowest BCUT2D eigenvalue weighted by molar-refractivity contribution is -0.113. The quantitative estimate of drug-likeness (QED) is 0.246. The number of esters is 1. The first-order valence-electron chi connectivity index (χ1n) is 11.1. The van der Waals surface area contributed by atoms with Crippen molar-refractivity contribution >= 4 is 23.4 Å². The van der Waals surface area contributed by atoms with Gasteiger partial charge in [-0.2, -0.15) is 0 Å². The van der Waals surface area contributed by atoms with Gasteiger partial charge in [0.2, 0.25) is 5.78 Å². The van der Waals surface area contributed by atoms with Gasteiger partial charge in [-0.15, -0.1) is 0 Å². The van der Waals surface area contributed by atoms with Crippen molar-refractivity contribution in [3.63, 3.8) is 0 Å². The van der Waals surface area contributed by atoms with Gasteiger partial charge in [-0.25, -0.2) is 9.78 Å². The van der Waals surface area contributed by atoms with E-state index in [1.54, 1.807) is 37.4 Å². The highest BCUT2D eigenvalue weighted by molar-refractivity contribution is 6.44. The molecule has 1 heterocycles. The summed E-state index contributed by atoms with van der Waals surface area (Å²) >= 11 is 0. The van der Waals surface area contributed by atoms with E-state index in [0.29, 0.717) is 30.1 Å². The van der Waals surface area contributed by atoms with Crippen molar-refractivity contribution in [3.8, 4) is 11.1 Å². The molecule has 0 fully saturated rings. The van der Waals surface area contributed by atoms with Crippen LogP contribution in [0.4, 0.5) is 5.82 Å². The van der Waals surface area contributed by atoms with E-state index in [4.69, 9.17) is 4.74 Å². The van der Waals surface area contributed by atoms with Crippen molar-refractivity contribution in [1.29, 1.82) is 0 Å². The first-order valence-corrected chi connectivity index (χ1v) is 11.1. The minimum Gasteiger partial charge on any atom is -0.462 e. The van der Waals surface area contributed by atoms with E-state index in [-0.39, 0.29) is 5.97 Å². The summed E-state index contributed by atoms with van der Waals surface area (Å²) in [6.07, 6.45) is 2.56. The Hall–Kier alpha value is -3.80. The van der Waals surface area contributed by atoms with Crippen molar-refractivity contribution < 1.29 is 19.1 Å². The Kier molecular flexibility index (Phi) is 8.08. The maximum atomic E-state index is 12.4. The summed E-state index contributed by atoms with van der Waals surface area (Å²) in [6, 6.07) is 18.4. The van der Waals surface area contributed by atoms with Crippen molar-refractivity contribution in [3.05, 3.63) is 83.6 Å². The SMILES string of the molecule is CCCN(Cc1ccc(-c2ccccc2C(=O)C(C)=O)cc1)c1ncccc1C(=O)OCC. The Morgan fingerprint density at radius 1 is 0.909 bits per heavy atom. The number of carbonyl (C=O) groups excluding carboxylic acids is 3. The van der Waals surface area contributed by atoms with Gasteiger partial charge >= 0.3 is 5.97 Å². The van der Waals surface area contributed by atoms with Crippen molar-refractivity contribution in [2.75, 3.05) is 18.1 Å². The number of pyridine rings is 1. The Morgan fingerprint density at radius 3 is 2.27 bits per heavy atom. The molecule has 0 spiro atoms. The van der Waals surface area contributed by atoms with E-state index in [1.807, 2.05) is 36.4 Å². The molecule has 0 bridgehead atoms. The van der Waals surface area contributed by atoms with Crippen LogP contribution in [0.25, 0.3) is 11.1 Å².